The number of carbonyl (C=O) groups is 4. The molecule has 0 saturated heterocycles. The molecule has 3 amide bonds. The van der Waals surface area contributed by atoms with E-state index in [0.29, 0.717) is 11.3 Å². The second-order valence-corrected chi connectivity index (χ2v) is 8.08. The van der Waals surface area contributed by atoms with Crippen molar-refractivity contribution in [3.05, 3.63) is 113 Å². The van der Waals surface area contributed by atoms with Crippen molar-refractivity contribution in [2.75, 3.05) is 10.2 Å². The van der Waals surface area contributed by atoms with Crippen LogP contribution in [0.1, 0.15) is 41.4 Å². The molecule has 0 fully saturated rings. The van der Waals surface area contributed by atoms with Crippen LogP contribution in [0.3, 0.4) is 0 Å². The number of aromatic hydroxyl groups is 1. The number of imide groups is 1. The maximum Gasteiger partial charge on any atom is 0.337 e. The number of phenols is 1. The van der Waals surface area contributed by atoms with E-state index in [1.807, 2.05) is 42.5 Å². The van der Waals surface area contributed by atoms with Crippen molar-refractivity contribution in [1.29, 1.82) is 0 Å². The SMILES string of the molecule is O=C(Nc1ccc(O)cc1C(=O)O)c1ccc2c(c1)C(=O)N(c1ccccc1-c1ccccc1)C2=O. The highest BCUT2D eigenvalue weighted by Gasteiger charge is 2.38. The molecule has 0 atom stereocenters. The lowest BCUT2D eigenvalue weighted by atomic mass is 10.0. The average molecular weight is 478 g/mol. The summed E-state index contributed by atoms with van der Waals surface area (Å²) in [6, 6.07) is 24.1. The molecule has 0 aromatic heterocycles. The van der Waals surface area contributed by atoms with Gasteiger partial charge in [-0.3, -0.25) is 14.4 Å². The fourth-order valence-corrected chi connectivity index (χ4v) is 4.14. The summed E-state index contributed by atoms with van der Waals surface area (Å²) in [5.41, 5.74) is 1.96. The number of amides is 3. The number of aromatic carboxylic acids is 1. The molecule has 0 aliphatic carbocycles. The van der Waals surface area contributed by atoms with E-state index in [1.54, 1.807) is 12.1 Å². The van der Waals surface area contributed by atoms with Gasteiger partial charge in [0, 0.05) is 11.1 Å². The maximum absolute atomic E-state index is 13.4. The van der Waals surface area contributed by atoms with Crippen LogP contribution in [0.25, 0.3) is 11.1 Å². The summed E-state index contributed by atoms with van der Waals surface area (Å²) in [4.78, 5) is 52.0. The van der Waals surface area contributed by atoms with E-state index in [2.05, 4.69) is 5.32 Å². The van der Waals surface area contributed by atoms with E-state index in [1.165, 1.54) is 30.3 Å². The van der Waals surface area contributed by atoms with Crippen molar-refractivity contribution in [1.82, 2.24) is 0 Å². The van der Waals surface area contributed by atoms with Gasteiger partial charge in [-0.15, -0.1) is 0 Å². The van der Waals surface area contributed by atoms with E-state index in [4.69, 9.17) is 0 Å². The Kier molecular flexibility index (Phi) is 5.54. The Morgan fingerprint density at radius 1 is 0.722 bits per heavy atom. The van der Waals surface area contributed by atoms with Crippen LogP contribution in [0.15, 0.2) is 91.0 Å². The molecule has 8 nitrogen and oxygen atoms in total. The third kappa shape index (κ3) is 3.86. The average Bonchev–Trinajstić information content (AvgIpc) is 3.14. The first-order chi connectivity index (χ1) is 17.3. The van der Waals surface area contributed by atoms with Crippen LogP contribution in [-0.4, -0.2) is 33.9 Å². The summed E-state index contributed by atoms with van der Waals surface area (Å²) < 4.78 is 0. The van der Waals surface area contributed by atoms with Gasteiger partial charge >= 0.3 is 5.97 Å². The predicted octanol–water partition coefficient (Wildman–Crippen LogP) is 4.81. The minimum absolute atomic E-state index is 0.0217. The molecule has 0 spiro atoms. The van der Waals surface area contributed by atoms with Crippen molar-refractivity contribution in [2.45, 2.75) is 0 Å². The summed E-state index contributed by atoms with van der Waals surface area (Å²) in [5, 5.41) is 21.4. The number of hydrogen-bond acceptors (Lipinski definition) is 5. The molecule has 3 N–H and O–H groups in total. The van der Waals surface area contributed by atoms with Gasteiger partial charge in [-0.05, 0) is 48.0 Å². The minimum Gasteiger partial charge on any atom is -0.508 e. The number of hydrogen-bond donors (Lipinski definition) is 3. The second-order valence-electron chi connectivity index (χ2n) is 8.08. The quantitative estimate of drug-likeness (QED) is 0.279. The lowest BCUT2D eigenvalue weighted by Gasteiger charge is -2.18. The van der Waals surface area contributed by atoms with Gasteiger partial charge in [0.05, 0.1) is 28.1 Å². The smallest absolute Gasteiger partial charge is 0.337 e. The Bertz CT molecular complexity index is 1560. The summed E-state index contributed by atoms with van der Waals surface area (Å²) in [5.74, 6) is -3.33. The highest BCUT2D eigenvalue weighted by molar-refractivity contribution is 6.35. The summed E-state index contributed by atoms with van der Waals surface area (Å²) in [7, 11) is 0. The van der Waals surface area contributed by atoms with Crippen LogP contribution in [0, 0.1) is 0 Å². The first-order valence-electron chi connectivity index (χ1n) is 10.9. The number of carbonyl (C=O) groups excluding carboxylic acids is 3. The van der Waals surface area contributed by atoms with Crippen LogP contribution in [0.2, 0.25) is 0 Å². The minimum atomic E-state index is -1.33. The number of para-hydroxylation sites is 1. The van der Waals surface area contributed by atoms with Gasteiger partial charge < -0.3 is 15.5 Å². The third-order valence-corrected chi connectivity index (χ3v) is 5.86. The molecule has 1 heterocycles. The topological polar surface area (TPSA) is 124 Å². The van der Waals surface area contributed by atoms with Gasteiger partial charge in [-0.25, -0.2) is 9.69 Å². The molecule has 0 saturated carbocycles. The molecule has 4 aromatic rings. The van der Waals surface area contributed by atoms with Crippen LogP contribution in [-0.2, 0) is 0 Å². The van der Waals surface area contributed by atoms with Crippen LogP contribution >= 0.6 is 0 Å². The number of carboxylic acid groups (broad SMARTS) is 1. The van der Waals surface area contributed by atoms with Crippen molar-refractivity contribution < 1.29 is 29.4 Å². The molecule has 0 bridgehead atoms. The number of nitrogens with one attached hydrogen (secondary N) is 1. The molecular formula is C28H18N2O6. The molecule has 176 valence electrons. The monoisotopic (exact) mass is 478 g/mol. The van der Waals surface area contributed by atoms with Crippen molar-refractivity contribution in [3.8, 4) is 16.9 Å². The van der Waals surface area contributed by atoms with E-state index in [-0.39, 0.29) is 33.7 Å². The number of rotatable bonds is 5. The zero-order valence-electron chi connectivity index (χ0n) is 18.6. The Labute approximate surface area is 205 Å². The van der Waals surface area contributed by atoms with E-state index < -0.39 is 23.7 Å². The molecule has 1 aliphatic heterocycles. The second kappa shape index (κ2) is 8.84. The fourth-order valence-electron chi connectivity index (χ4n) is 4.14. The van der Waals surface area contributed by atoms with Gasteiger partial charge in [0.1, 0.15) is 5.75 Å². The number of nitrogens with zero attached hydrogens (tertiary/aromatic N) is 1. The number of phenolic OH excluding ortho intramolecular Hbond substituents is 1. The molecule has 0 unspecified atom stereocenters. The number of fused-ring (bicyclic) bond motifs is 1. The normalized spacial score (nSPS) is 12.4. The highest BCUT2D eigenvalue weighted by atomic mass is 16.4. The summed E-state index contributed by atoms with van der Waals surface area (Å²) >= 11 is 0. The van der Waals surface area contributed by atoms with Gasteiger partial charge in [-0.2, -0.15) is 0 Å². The predicted molar refractivity (Wildman–Crippen MR) is 132 cm³/mol. The third-order valence-electron chi connectivity index (χ3n) is 5.86. The Morgan fingerprint density at radius 2 is 1.42 bits per heavy atom. The van der Waals surface area contributed by atoms with Gasteiger partial charge in [-0.1, -0.05) is 48.5 Å². The Balaban J connectivity index is 1.48. The Morgan fingerprint density at radius 3 is 2.17 bits per heavy atom. The molecule has 36 heavy (non-hydrogen) atoms. The first kappa shape index (κ1) is 22.5. The number of carboxylic acids is 1. The Hall–Kier alpha value is -5.24. The summed E-state index contributed by atoms with van der Waals surface area (Å²) in [6.45, 7) is 0. The van der Waals surface area contributed by atoms with E-state index in [9.17, 15) is 29.4 Å². The molecule has 8 heteroatoms. The molecule has 5 rings (SSSR count). The number of benzene rings is 4. The van der Waals surface area contributed by atoms with Gasteiger partial charge in [0.25, 0.3) is 17.7 Å². The van der Waals surface area contributed by atoms with Crippen molar-refractivity contribution >= 4 is 35.1 Å². The van der Waals surface area contributed by atoms with Crippen LogP contribution < -0.4 is 10.2 Å². The molecule has 4 aromatic carbocycles. The fraction of sp³-hybridized carbons (Fsp3) is 0. The number of anilines is 2. The van der Waals surface area contributed by atoms with Crippen LogP contribution in [0.5, 0.6) is 5.75 Å². The van der Waals surface area contributed by atoms with Gasteiger partial charge in [0.15, 0.2) is 0 Å². The largest absolute Gasteiger partial charge is 0.508 e. The van der Waals surface area contributed by atoms with Crippen molar-refractivity contribution in [2.24, 2.45) is 0 Å². The molecule has 0 radical (unpaired) electrons. The van der Waals surface area contributed by atoms with Gasteiger partial charge in [0.2, 0.25) is 0 Å². The van der Waals surface area contributed by atoms with E-state index >= 15 is 0 Å². The van der Waals surface area contributed by atoms with Crippen molar-refractivity contribution in [3.63, 3.8) is 0 Å². The zero-order valence-corrected chi connectivity index (χ0v) is 18.6. The van der Waals surface area contributed by atoms with E-state index in [0.717, 1.165) is 16.5 Å². The van der Waals surface area contributed by atoms with Crippen LogP contribution in [0.4, 0.5) is 11.4 Å². The maximum atomic E-state index is 13.4. The highest BCUT2D eigenvalue weighted by Crippen LogP contribution is 2.36. The lowest BCUT2D eigenvalue weighted by molar-refractivity contribution is 0.0697. The molecular weight excluding hydrogens is 460 g/mol. The first-order valence-corrected chi connectivity index (χ1v) is 10.9. The molecule has 1 aliphatic rings. The summed E-state index contributed by atoms with van der Waals surface area (Å²) in [6.07, 6.45) is 0. The zero-order chi connectivity index (χ0) is 25.4. The standard InChI is InChI=1S/C28H18N2O6/c31-18-11-13-23(22(15-18)28(35)36)29-25(32)17-10-12-20-21(14-17)27(34)30(26(20)33)24-9-5-4-8-19(24)16-6-2-1-3-7-16/h1-15,31H,(H,29,32)(H,35,36). The lowest BCUT2D eigenvalue weighted by Crippen LogP contribution is -2.29.